The third-order valence-electron chi connectivity index (χ3n) is 4.83. The Balaban J connectivity index is 1.54. The zero-order chi connectivity index (χ0) is 20.6. The molecular formula is C27H22N2O. The number of allylic oxidation sites excluding steroid dienone is 1. The Morgan fingerprint density at radius 2 is 1.43 bits per heavy atom. The highest BCUT2D eigenvalue weighted by Crippen LogP contribution is 2.18. The number of nitrogens with one attached hydrogen (secondary N) is 1. The van der Waals surface area contributed by atoms with Gasteiger partial charge in [0.2, 0.25) is 5.91 Å². The summed E-state index contributed by atoms with van der Waals surface area (Å²) in [6, 6.07) is 33.9. The monoisotopic (exact) mass is 390 g/mol. The summed E-state index contributed by atoms with van der Waals surface area (Å²) in [6.07, 6.45) is 4.18. The van der Waals surface area contributed by atoms with Gasteiger partial charge in [-0.1, -0.05) is 109 Å². The Kier molecular flexibility index (Phi) is 6.11. The van der Waals surface area contributed by atoms with Crippen molar-refractivity contribution in [3.05, 3.63) is 126 Å². The molecule has 1 N–H and O–H groups in total. The number of hydrogen-bond acceptors (Lipinski definition) is 2. The molecule has 0 atom stereocenters. The van der Waals surface area contributed by atoms with Crippen molar-refractivity contribution in [1.29, 1.82) is 0 Å². The molecule has 0 fully saturated rings. The average Bonchev–Trinajstić information content (AvgIpc) is 2.80. The van der Waals surface area contributed by atoms with Gasteiger partial charge in [-0.2, -0.15) is 5.10 Å². The SMILES string of the molecule is O=C(Cc1cccc2ccccc12)N/N=C(/C=C/c1ccccc1)c1ccccc1. The van der Waals surface area contributed by atoms with E-state index in [0.29, 0.717) is 5.71 Å². The summed E-state index contributed by atoms with van der Waals surface area (Å²) in [5, 5.41) is 6.63. The van der Waals surface area contributed by atoms with Crippen molar-refractivity contribution in [2.45, 2.75) is 6.42 Å². The van der Waals surface area contributed by atoms with Crippen molar-refractivity contribution >= 4 is 28.5 Å². The first-order chi connectivity index (χ1) is 14.8. The molecule has 4 rings (SSSR count). The summed E-state index contributed by atoms with van der Waals surface area (Å²) in [6.45, 7) is 0. The fourth-order valence-corrected chi connectivity index (χ4v) is 3.33. The molecule has 0 bridgehead atoms. The van der Waals surface area contributed by atoms with Gasteiger partial charge in [0, 0.05) is 5.56 Å². The molecule has 4 aromatic rings. The standard InChI is InChI=1S/C27H22N2O/c30-27(20-24-16-9-15-22-12-7-8-17-25(22)24)29-28-26(23-13-5-2-6-14-23)19-18-21-10-3-1-4-11-21/h1-19H,20H2,(H,29,30)/b19-18+,28-26-. The number of hydrogen-bond donors (Lipinski definition) is 1. The summed E-state index contributed by atoms with van der Waals surface area (Å²) < 4.78 is 0. The number of nitrogens with zero attached hydrogens (tertiary/aromatic N) is 1. The van der Waals surface area contributed by atoms with Crippen molar-refractivity contribution in [3.63, 3.8) is 0 Å². The molecular weight excluding hydrogens is 368 g/mol. The molecule has 146 valence electrons. The van der Waals surface area contributed by atoms with Crippen LogP contribution in [0.2, 0.25) is 0 Å². The van der Waals surface area contributed by atoms with E-state index in [2.05, 4.69) is 22.7 Å². The molecule has 0 heterocycles. The zero-order valence-corrected chi connectivity index (χ0v) is 16.5. The summed E-state index contributed by atoms with van der Waals surface area (Å²) >= 11 is 0. The Hall–Kier alpha value is -3.98. The number of fused-ring (bicyclic) bond motifs is 1. The smallest absolute Gasteiger partial charge is 0.244 e. The fourth-order valence-electron chi connectivity index (χ4n) is 3.33. The number of benzene rings is 4. The highest BCUT2D eigenvalue weighted by molar-refractivity contribution is 6.11. The summed E-state index contributed by atoms with van der Waals surface area (Å²) in [7, 11) is 0. The number of rotatable bonds is 6. The summed E-state index contributed by atoms with van der Waals surface area (Å²) in [5.74, 6) is -0.145. The molecule has 3 heteroatoms. The van der Waals surface area contributed by atoms with Crippen LogP contribution in [0.4, 0.5) is 0 Å². The predicted octanol–water partition coefficient (Wildman–Crippen LogP) is 5.62. The Morgan fingerprint density at radius 1 is 0.767 bits per heavy atom. The van der Waals surface area contributed by atoms with Gasteiger partial charge in [-0.15, -0.1) is 0 Å². The lowest BCUT2D eigenvalue weighted by atomic mass is 10.0. The minimum atomic E-state index is -0.145. The lowest BCUT2D eigenvalue weighted by molar-refractivity contribution is -0.120. The van der Waals surface area contributed by atoms with Gasteiger partial charge in [0.15, 0.2) is 0 Å². The van der Waals surface area contributed by atoms with E-state index < -0.39 is 0 Å². The lowest BCUT2D eigenvalue weighted by Crippen LogP contribution is -2.21. The van der Waals surface area contributed by atoms with Crippen LogP contribution >= 0.6 is 0 Å². The van der Waals surface area contributed by atoms with Gasteiger partial charge >= 0.3 is 0 Å². The normalized spacial score (nSPS) is 11.7. The highest BCUT2D eigenvalue weighted by atomic mass is 16.2. The lowest BCUT2D eigenvalue weighted by Gasteiger charge is -2.07. The van der Waals surface area contributed by atoms with E-state index in [4.69, 9.17) is 0 Å². The molecule has 1 amide bonds. The van der Waals surface area contributed by atoms with E-state index in [1.807, 2.05) is 103 Å². The molecule has 0 spiro atoms. The molecule has 0 saturated heterocycles. The van der Waals surface area contributed by atoms with Crippen molar-refractivity contribution in [1.82, 2.24) is 5.43 Å². The first-order valence-electron chi connectivity index (χ1n) is 9.91. The van der Waals surface area contributed by atoms with Crippen molar-refractivity contribution < 1.29 is 4.79 Å². The third-order valence-corrected chi connectivity index (χ3v) is 4.83. The van der Waals surface area contributed by atoms with Crippen molar-refractivity contribution in [2.75, 3.05) is 0 Å². The molecule has 0 aliphatic carbocycles. The van der Waals surface area contributed by atoms with Crippen LogP contribution in [0.5, 0.6) is 0 Å². The molecule has 0 radical (unpaired) electrons. The summed E-state index contributed by atoms with van der Waals surface area (Å²) in [4.78, 5) is 12.6. The van der Waals surface area contributed by atoms with E-state index in [9.17, 15) is 4.79 Å². The molecule has 0 saturated carbocycles. The molecule has 4 aromatic carbocycles. The predicted molar refractivity (Wildman–Crippen MR) is 124 cm³/mol. The quantitative estimate of drug-likeness (QED) is 0.337. The number of hydrazone groups is 1. The maximum Gasteiger partial charge on any atom is 0.244 e. The van der Waals surface area contributed by atoms with Gasteiger partial charge in [0.25, 0.3) is 0 Å². The summed E-state index contributed by atoms with van der Waals surface area (Å²) in [5.41, 5.74) is 6.43. The van der Waals surface area contributed by atoms with E-state index in [0.717, 1.165) is 27.5 Å². The van der Waals surface area contributed by atoms with Gasteiger partial charge in [0.05, 0.1) is 12.1 Å². The van der Waals surface area contributed by atoms with Crippen LogP contribution in [0.15, 0.2) is 114 Å². The van der Waals surface area contributed by atoms with E-state index in [1.54, 1.807) is 0 Å². The second kappa shape index (κ2) is 9.48. The number of amides is 1. The third kappa shape index (κ3) is 4.89. The zero-order valence-electron chi connectivity index (χ0n) is 16.5. The van der Waals surface area contributed by atoms with Crippen LogP contribution in [-0.2, 0) is 11.2 Å². The molecule has 30 heavy (non-hydrogen) atoms. The van der Waals surface area contributed by atoms with E-state index in [1.165, 1.54) is 0 Å². The minimum Gasteiger partial charge on any atom is -0.273 e. The van der Waals surface area contributed by atoms with Crippen LogP contribution in [0, 0.1) is 0 Å². The molecule has 3 nitrogen and oxygen atoms in total. The van der Waals surface area contributed by atoms with Crippen LogP contribution < -0.4 is 5.43 Å². The van der Waals surface area contributed by atoms with Crippen LogP contribution in [0.3, 0.4) is 0 Å². The van der Waals surface area contributed by atoms with Crippen LogP contribution in [-0.4, -0.2) is 11.6 Å². The van der Waals surface area contributed by atoms with Crippen LogP contribution in [0.1, 0.15) is 16.7 Å². The van der Waals surface area contributed by atoms with Gasteiger partial charge in [-0.05, 0) is 28.0 Å². The van der Waals surface area contributed by atoms with Crippen molar-refractivity contribution in [3.8, 4) is 0 Å². The molecule has 0 aliphatic heterocycles. The van der Waals surface area contributed by atoms with Crippen molar-refractivity contribution in [2.24, 2.45) is 5.10 Å². The highest BCUT2D eigenvalue weighted by Gasteiger charge is 2.07. The van der Waals surface area contributed by atoms with E-state index >= 15 is 0 Å². The second-order valence-electron chi connectivity index (χ2n) is 6.96. The number of carbonyl (C=O) groups is 1. The van der Waals surface area contributed by atoms with E-state index in [-0.39, 0.29) is 12.3 Å². The van der Waals surface area contributed by atoms with Gasteiger partial charge in [-0.25, -0.2) is 5.43 Å². The van der Waals surface area contributed by atoms with Gasteiger partial charge in [-0.3, -0.25) is 4.79 Å². The topological polar surface area (TPSA) is 41.5 Å². The maximum absolute atomic E-state index is 12.6. The largest absolute Gasteiger partial charge is 0.273 e. The fraction of sp³-hybridized carbons (Fsp3) is 0.0370. The molecule has 0 unspecified atom stereocenters. The Morgan fingerprint density at radius 3 is 2.23 bits per heavy atom. The van der Waals surface area contributed by atoms with Gasteiger partial charge in [0.1, 0.15) is 0 Å². The first kappa shape index (κ1) is 19.3. The van der Waals surface area contributed by atoms with Gasteiger partial charge < -0.3 is 0 Å². The van der Waals surface area contributed by atoms with Crippen LogP contribution in [0.25, 0.3) is 16.8 Å². The molecule has 0 aromatic heterocycles. The Labute approximate surface area is 176 Å². The molecule has 0 aliphatic rings. The first-order valence-corrected chi connectivity index (χ1v) is 9.91. The Bertz CT molecular complexity index is 1190. The average molecular weight is 390 g/mol. The number of carbonyl (C=O) groups excluding carboxylic acids is 1. The minimum absolute atomic E-state index is 0.145. The maximum atomic E-state index is 12.6. The second-order valence-corrected chi connectivity index (χ2v) is 6.96.